The zero-order valence-corrected chi connectivity index (χ0v) is 38.2. The van der Waals surface area contributed by atoms with E-state index >= 15 is 0 Å². The van der Waals surface area contributed by atoms with Gasteiger partial charge in [-0.15, -0.1) is 0 Å². The number of halogens is 1. The van der Waals surface area contributed by atoms with E-state index in [0.29, 0.717) is 20.6 Å². The predicted molar refractivity (Wildman–Crippen MR) is 217 cm³/mol. The van der Waals surface area contributed by atoms with Gasteiger partial charge in [0.2, 0.25) is 0 Å². The van der Waals surface area contributed by atoms with Crippen molar-refractivity contribution in [2.75, 3.05) is 14.1 Å². The van der Waals surface area contributed by atoms with Crippen LogP contribution in [0.5, 0.6) is 0 Å². The maximum atomic E-state index is 7.75. The predicted octanol–water partition coefficient (Wildman–Crippen LogP) is 11.4. The van der Waals surface area contributed by atoms with Gasteiger partial charge < -0.3 is 22.9 Å². The SMILES string of the molecule is CC.CC.CNCc1cccc(CP(C(C)(C)C)C(C)(C)C)n1.CNCc1cccc(C[PH+](C(C)(C)C)C(C)(C)C)n1.[CH-]=O.[CH3-].[Cl][Ru+3]. The van der Waals surface area contributed by atoms with Crippen molar-refractivity contribution < 1.29 is 22.1 Å². The minimum atomic E-state index is -0.542. The van der Waals surface area contributed by atoms with Crippen molar-refractivity contribution in [1.29, 1.82) is 0 Å². The van der Waals surface area contributed by atoms with Gasteiger partial charge in [0.1, 0.15) is 0 Å². The van der Waals surface area contributed by atoms with Crippen LogP contribution in [0.1, 0.15) is 134 Å². The van der Waals surface area contributed by atoms with E-state index in [9.17, 15) is 0 Å². The summed E-state index contributed by atoms with van der Waals surface area (Å²) < 4.78 is 0. The van der Waals surface area contributed by atoms with Crippen LogP contribution in [0.15, 0.2) is 36.4 Å². The molecule has 0 aliphatic carbocycles. The molecule has 0 fully saturated rings. The Hall–Kier alpha value is -0.337. The second-order valence-electron chi connectivity index (χ2n) is 14.4. The molecule has 0 radical (unpaired) electrons. The fourth-order valence-corrected chi connectivity index (χ4v) is 12.6. The molecule has 47 heavy (non-hydrogen) atoms. The Labute approximate surface area is 311 Å². The number of nitrogens with zero attached hydrogens (tertiary/aromatic N) is 2. The fraction of sp³-hybridized carbons (Fsp3) is 0.684. The van der Waals surface area contributed by atoms with Crippen molar-refractivity contribution in [1.82, 2.24) is 20.6 Å². The Morgan fingerprint density at radius 2 is 0.957 bits per heavy atom. The molecule has 5 nitrogen and oxygen atoms in total. The van der Waals surface area contributed by atoms with Crippen LogP contribution in [-0.4, -0.2) is 51.5 Å². The molecule has 0 saturated heterocycles. The molecule has 2 N–H and O–H groups in total. The molecule has 276 valence electrons. The van der Waals surface area contributed by atoms with Crippen LogP contribution < -0.4 is 10.6 Å². The minimum absolute atomic E-state index is 0. The van der Waals surface area contributed by atoms with E-state index in [1.807, 2.05) is 59.1 Å². The van der Waals surface area contributed by atoms with Gasteiger partial charge in [-0.25, -0.2) is 0 Å². The second-order valence-corrected chi connectivity index (χ2v) is 22.6. The molecule has 0 aliphatic rings. The average Bonchev–Trinajstić information content (AvgIpc) is 2.98. The molecule has 0 aliphatic heterocycles. The molecule has 0 saturated carbocycles. The number of pyridine rings is 2. The van der Waals surface area contributed by atoms with E-state index in [1.54, 1.807) is 0 Å². The molecule has 2 heterocycles. The molecule has 0 amide bonds. The van der Waals surface area contributed by atoms with E-state index in [-0.39, 0.29) is 15.3 Å². The fourth-order valence-electron chi connectivity index (χ4n) is 5.28. The zero-order valence-electron chi connectivity index (χ0n) is 33.9. The second kappa shape index (κ2) is 29.4. The molecule has 2 aromatic rings. The van der Waals surface area contributed by atoms with Crippen molar-refractivity contribution in [3.8, 4) is 0 Å². The van der Waals surface area contributed by atoms with Gasteiger partial charge in [0.05, 0.1) is 33.6 Å². The number of rotatable bonds is 8. The van der Waals surface area contributed by atoms with Gasteiger partial charge in [0.25, 0.3) is 0 Å². The number of carbonyl (C=O) groups excluding carboxylic acids is 1. The first-order valence-electron chi connectivity index (χ1n) is 16.5. The van der Waals surface area contributed by atoms with Gasteiger partial charge in [-0.3, -0.25) is 16.8 Å². The molecule has 0 bridgehead atoms. The van der Waals surface area contributed by atoms with E-state index < -0.39 is 7.92 Å². The summed E-state index contributed by atoms with van der Waals surface area (Å²) >= 11 is 1.82. The third-order valence-corrected chi connectivity index (χ3v) is 14.8. The third-order valence-electron chi connectivity index (χ3n) is 6.55. The van der Waals surface area contributed by atoms with Gasteiger partial charge in [0.15, 0.2) is 0 Å². The van der Waals surface area contributed by atoms with E-state index in [0.717, 1.165) is 36.8 Å². The molecule has 2 aromatic heterocycles. The summed E-state index contributed by atoms with van der Waals surface area (Å²) in [5, 5.41) is 7.83. The Morgan fingerprint density at radius 3 is 1.26 bits per heavy atom. The summed E-state index contributed by atoms with van der Waals surface area (Å²) in [5.41, 5.74) is 4.78. The summed E-state index contributed by atoms with van der Waals surface area (Å²) in [6.45, 7) is 41.4. The number of hydrogen-bond acceptors (Lipinski definition) is 5. The van der Waals surface area contributed by atoms with Crippen LogP contribution in [0.2, 0.25) is 0 Å². The van der Waals surface area contributed by atoms with Gasteiger partial charge in [-0.05, 0) is 90.2 Å². The van der Waals surface area contributed by atoms with Crippen molar-refractivity contribution >= 4 is 32.3 Å². The normalized spacial score (nSPS) is 11.0. The Balaban J connectivity index is -0.000000202. The summed E-state index contributed by atoms with van der Waals surface area (Å²) in [6, 6.07) is 12.8. The Morgan fingerprint density at radius 1 is 0.660 bits per heavy atom. The van der Waals surface area contributed by atoms with Crippen LogP contribution in [-0.2, 0) is 47.5 Å². The summed E-state index contributed by atoms with van der Waals surface area (Å²) in [4.78, 5) is 17.3. The van der Waals surface area contributed by atoms with E-state index in [2.05, 4.69) is 147 Å². The van der Waals surface area contributed by atoms with Crippen molar-refractivity contribution in [3.05, 3.63) is 66.6 Å². The number of aromatic nitrogens is 2. The quantitative estimate of drug-likeness (QED) is 0.120. The Bertz CT molecular complexity index is 893. The molecule has 9 heteroatoms. The number of hydrogen-bond donors (Lipinski definition) is 2. The van der Waals surface area contributed by atoms with Crippen LogP contribution in [0, 0.1) is 7.43 Å². The molecule has 2 rings (SSSR count). The van der Waals surface area contributed by atoms with E-state index in [4.69, 9.17) is 14.8 Å². The summed E-state index contributed by atoms with van der Waals surface area (Å²) in [5.74, 6) is 0. The molecule has 0 atom stereocenters. The zero-order chi connectivity index (χ0) is 37.4. The van der Waals surface area contributed by atoms with Gasteiger partial charge in [0, 0.05) is 32.9 Å². The molecule has 0 unspecified atom stereocenters. The van der Waals surface area contributed by atoms with Crippen LogP contribution >= 0.6 is 25.5 Å². The average molecular weight is 803 g/mol. The molecular formula is C38H75ClN4OP2Ru+2. The van der Waals surface area contributed by atoms with Crippen LogP contribution in [0.4, 0.5) is 0 Å². The van der Waals surface area contributed by atoms with Gasteiger partial charge in [-0.1, -0.05) is 89.3 Å². The summed E-state index contributed by atoms with van der Waals surface area (Å²) in [7, 11) is 7.83. The topological polar surface area (TPSA) is 66.9 Å². The third kappa shape index (κ3) is 26.2. The van der Waals surface area contributed by atoms with E-state index in [1.165, 1.54) is 11.4 Å². The first kappa shape index (κ1) is 56.1. The molecule has 0 spiro atoms. The van der Waals surface area contributed by atoms with Crippen LogP contribution in [0.3, 0.4) is 0 Å². The summed E-state index contributed by atoms with van der Waals surface area (Å²) in [6.07, 6.45) is 2.26. The van der Waals surface area contributed by atoms with Crippen molar-refractivity contribution in [2.24, 2.45) is 0 Å². The monoisotopic (exact) mass is 802 g/mol. The first-order chi connectivity index (χ1) is 21.3. The van der Waals surface area contributed by atoms with Crippen molar-refractivity contribution in [3.63, 3.8) is 0 Å². The standard InChI is InChI=1S/2C16H29N2P.2C2H6.CHO.CH3.ClH.Ru/c2*1-15(2,3)19(16(4,5)6)12-14-10-8-9-13(18-14)11-17-7;3*1-2;;;/h2*8-10,17H,11-12H2,1-7H3;2*1-2H3;1H;1H3;1H;/q;;;;2*-1;;+4. The van der Waals surface area contributed by atoms with Crippen molar-refractivity contribution in [2.45, 2.75) is 157 Å². The molecule has 0 aromatic carbocycles. The van der Waals surface area contributed by atoms with Gasteiger partial charge >= 0.3 is 27.0 Å². The molecular weight excluding hydrogens is 727 g/mol. The Kier molecular flexibility index (Phi) is 35.1. The first-order valence-corrected chi connectivity index (χ1v) is 22.0. The maximum absolute atomic E-state index is 7.75. The number of nitrogens with one attached hydrogen (secondary N) is 2. The van der Waals surface area contributed by atoms with Crippen LogP contribution in [0.25, 0.3) is 0 Å². The van der Waals surface area contributed by atoms with Gasteiger partial charge in [-0.2, -0.15) is 0 Å².